The Morgan fingerprint density at radius 2 is 1.78 bits per heavy atom. The van der Waals surface area contributed by atoms with Gasteiger partial charge in [0.1, 0.15) is 5.69 Å². The van der Waals surface area contributed by atoms with Crippen molar-refractivity contribution >= 4 is 5.95 Å². The van der Waals surface area contributed by atoms with Crippen molar-refractivity contribution in [1.82, 2.24) is 9.97 Å². The van der Waals surface area contributed by atoms with Crippen LogP contribution < -0.4 is 4.90 Å². The molecular formula is C9H9F6N3. The van der Waals surface area contributed by atoms with Crippen LogP contribution in [0.5, 0.6) is 0 Å². The third-order valence-electron chi connectivity index (χ3n) is 2.01. The van der Waals surface area contributed by atoms with Crippen LogP contribution in [0.25, 0.3) is 0 Å². The molecule has 0 saturated carbocycles. The lowest BCUT2D eigenvalue weighted by atomic mass is 10.4. The molecule has 0 unspecified atom stereocenters. The number of anilines is 1. The lowest BCUT2D eigenvalue weighted by Crippen LogP contribution is -2.26. The Labute approximate surface area is 98.4 Å². The molecule has 0 N–H and O–H groups in total. The normalized spacial score (nSPS) is 12.6. The van der Waals surface area contributed by atoms with Crippen LogP contribution in [0.3, 0.4) is 0 Å². The average molecular weight is 273 g/mol. The van der Waals surface area contributed by atoms with E-state index < -0.39 is 37.0 Å². The maximum atomic E-state index is 12.3. The molecule has 0 radical (unpaired) electrons. The van der Waals surface area contributed by atoms with Crippen LogP contribution in [0.2, 0.25) is 0 Å². The molecule has 102 valence electrons. The highest BCUT2D eigenvalue weighted by Crippen LogP contribution is 2.28. The van der Waals surface area contributed by atoms with Crippen molar-refractivity contribution in [3.8, 4) is 0 Å². The highest BCUT2D eigenvalue weighted by molar-refractivity contribution is 5.29. The molecule has 1 heterocycles. The predicted molar refractivity (Wildman–Crippen MR) is 51.0 cm³/mol. The van der Waals surface area contributed by atoms with Gasteiger partial charge in [0.2, 0.25) is 5.95 Å². The van der Waals surface area contributed by atoms with E-state index >= 15 is 0 Å². The molecule has 0 aliphatic carbocycles. The number of alkyl halides is 6. The van der Waals surface area contributed by atoms with Crippen molar-refractivity contribution in [2.75, 3.05) is 18.5 Å². The van der Waals surface area contributed by atoms with Gasteiger partial charge in [-0.25, -0.2) is 9.97 Å². The number of hydrogen-bond donors (Lipinski definition) is 0. The van der Waals surface area contributed by atoms with Gasteiger partial charge in [0.05, 0.1) is 6.42 Å². The summed E-state index contributed by atoms with van der Waals surface area (Å²) in [5.74, 6) is -0.394. The second kappa shape index (κ2) is 4.99. The molecular weight excluding hydrogens is 264 g/mol. The summed E-state index contributed by atoms with van der Waals surface area (Å²) in [6.07, 6.45) is -9.32. The molecule has 0 amide bonds. The summed E-state index contributed by atoms with van der Waals surface area (Å²) < 4.78 is 72.8. The largest absolute Gasteiger partial charge is 0.433 e. The molecule has 0 aliphatic rings. The number of hydrogen-bond acceptors (Lipinski definition) is 3. The van der Waals surface area contributed by atoms with E-state index in [0.29, 0.717) is 6.07 Å². The Morgan fingerprint density at radius 1 is 1.17 bits per heavy atom. The summed E-state index contributed by atoms with van der Waals surface area (Å²) in [6.45, 7) is -0.509. The van der Waals surface area contributed by atoms with Gasteiger partial charge < -0.3 is 4.90 Å². The van der Waals surface area contributed by atoms with Gasteiger partial charge in [-0.05, 0) is 6.07 Å². The summed E-state index contributed by atoms with van der Waals surface area (Å²) in [5, 5.41) is 0. The van der Waals surface area contributed by atoms with E-state index in [1.807, 2.05) is 0 Å². The SMILES string of the molecule is CN(CCC(F)(F)F)c1nccc(C(F)(F)F)n1. The number of aromatic nitrogens is 2. The highest BCUT2D eigenvalue weighted by atomic mass is 19.4. The van der Waals surface area contributed by atoms with Gasteiger partial charge >= 0.3 is 12.4 Å². The van der Waals surface area contributed by atoms with E-state index in [4.69, 9.17) is 0 Å². The maximum Gasteiger partial charge on any atom is 0.433 e. The van der Waals surface area contributed by atoms with Crippen molar-refractivity contribution in [3.63, 3.8) is 0 Å². The lowest BCUT2D eigenvalue weighted by molar-refractivity contribution is -0.141. The van der Waals surface area contributed by atoms with E-state index in [9.17, 15) is 26.3 Å². The first-order valence-corrected chi connectivity index (χ1v) is 4.78. The van der Waals surface area contributed by atoms with Crippen molar-refractivity contribution in [3.05, 3.63) is 18.0 Å². The highest BCUT2D eigenvalue weighted by Gasteiger charge is 2.33. The maximum absolute atomic E-state index is 12.3. The zero-order chi connectivity index (χ0) is 14.0. The first-order valence-electron chi connectivity index (χ1n) is 4.78. The lowest BCUT2D eigenvalue weighted by Gasteiger charge is -2.18. The second-order valence-electron chi connectivity index (χ2n) is 3.53. The zero-order valence-electron chi connectivity index (χ0n) is 9.18. The average Bonchev–Trinajstić information content (AvgIpc) is 2.24. The second-order valence-corrected chi connectivity index (χ2v) is 3.53. The van der Waals surface area contributed by atoms with Crippen LogP contribution in [0.15, 0.2) is 12.3 Å². The van der Waals surface area contributed by atoms with Crippen molar-refractivity contribution < 1.29 is 26.3 Å². The molecule has 3 nitrogen and oxygen atoms in total. The van der Waals surface area contributed by atoms with Gasteiger partial charge in [0.25, 0.3) is 0 Å². The van der Waals surface area contributed by atoms with Crippen LogP contribution >= 0.6 is 0 Å². The Balaban J connectivity index is 2.78. The zero-order valence-corrected chi connectivity index (χ0v) is 9.18. The fraction of sp³-hybridized carbons (Fsp3) is 0.556. The molecule has 1 aromatic rings. The summed E-state index contributed by atoms with van der Waals surface area (Å²) in [5.41, 5.74) is -1.19. The number of halogens is 6. The van der Waals surface area contributed by atoms with Crippen LogP contribution in [-0.2, 0) is 6.18 Å². The van der Waals surface area contributed by atoms with Gasteiger partial charge in [-0.15, -0.1) is 0 Å². The minimum absolute atomic E-state index is 0.394. The summed E-state index contributed by atoms with van der Waals surface area (Å²) in [4.78, 5) is 7.59. The summed E-state index contributed by atoms with van der Waals surface area (Å²) >= 11 is 0. The molecule has 9 heteroatoms. The van der Waals surface area contributed by atoms with E-state index in [0.717, 1.165) is 11.1 Å². The molecule has 0 spiro atoms. The minimum Gasteiger partial charge on any atom is -0.344 e. The van der Waals surface area contributed by atoms with Crippen LogP contribution in [0.4, 0.5) is 32.3 Å². The van der Waals surface area contributed by atoms with Crippen LogP contribution in [0, 0.1) is 0 Å². The third-order valence-corrected chi connectivity index (χ3v) is 2.01. The van der Waals surface area contributed by atoms with E-state index in [2.05, 4.69) is 9.97 Å². The molecule has 0 atom stereocenters. The molecule has 1 rings (SSSR count). The summed E-state index contributed by atoms with van der Waals surface area (Å²) in [7, 11) is 1.20. The third kappa shape index (κ3) is 4.38. The monoisotopic (exact) mass is 273 g/mol. The molecule has 0 aliphatic heterocycles. The van der Waals surface area contributed by atoms with E-state index in [1.165, 1.54) is 7.05 Å². The van der Waals surface area contributed by atoms with Crippen molar-refractivity contribution in [2.45, 2.75) is 18.8 Å². The summed E-state index contributed by atoms with van der Waals surface area (Å²) in [6, 6.07) is 0.654. The number of rotatable bonds is 3. The van der Waals surface area contributed by atoms with Crippen molar-refractivity contribution in [1.29, 1.82) is 0 Å². The topological polar surface area (TPSA) is 29.0 Å². The quantitative estimate of drug-likeness (QED) is 0.793. The predicted octanol–water partition coefficient (Wildman–Crippen LogP) is 2.88. The van der Waals surface area contributed by atoms with Gasteiger partial charge in [-0.2, -0.15) is 26.3 Å². The minimum atomic E-state index is -4.65. The Hall–Kier alpha value is -1.54. The first-order chi connectivity index (χ1) is 8.09. The van der Waals surface area contributed by atoms with Gasteiger partial charge in [0.15, 0.2) is 0 Å². The fourth-order valence-electron chi connectivity index (χ4n) is 1.08. The molecule has 0 fully saturated rings. The van der Waals surface area contributed by atoms with Gasteiger partial charge in [-0.3, -0.25) is 0 Å². The van der Waals surface area contributed by atoms with Crippen molar-refractivity contribution in [2.24, 2.45) is 0 Å². The molecule has 18 heavy (non-hydrogen) atoms. The first kappa shape index (κ1) is 14.5. The van der Waals surface area contributed by atoms with Gasteiger partial charge in [0, 0.05) is 19.8 Å². The molecule has 0 bridgehead atoms. The van der Waals surface area contributed by atoms with Gasteiger partial charge in [-0.1, -0.05) is 0 Å². The number of nitrogens with zero attached hydrogens (tertiary/aromatic N) is 3. The molecule has 0 aromatic carbocycles. The van der Waals surface area contributed by atoms with Crippen LogP contribution in [-0.4, -0.2) is 29.7 Å². The Morgan fingerprint density at radius 3 is 2.28 bits per heavy atom. The molecule has 0 saturated heterocycles. The standard InChI is InChI=1S/C9H9F6N3/c1-18(5-3-8(10,11)12)7-16-4-2-6(17-7)9(13,14)15/h2,4H,3,5H2,1H3. The van der Waals surface area contributed by atoms with Crippen LogP contribution in [0.1, 0.15) is 12.1 Å². The van der Waals surface area contributed by atoms with E-state index in [1.54, 1.807) is 0 Å². The Bertz CT molecular complexity index is 400. The smallest absolute Gasteiger partial charge is 0.344 e. The Kier molecular flexibility index (Phi) is 4.02. The molecule has 1 aromatic heterocycles. The van der Waals surface area contributed by atoms with E-state index in [-0.39, 0.29) is 0 Å². The fourth-order valence-corrected chi connectivity index (χ4v) is 1.08.